The van der Waals surface area contributed by atoms with Gasteiger partial charge in [-0.2, -0.15) is 0 Å². The lowest BCUT2D eigenvalue weighted by Gasteiger charge is -1.97. The molecule has 0 bridgehead atoms. The summed E-state index contributed by atoms with van der Waals surface area (Å²) >= 11 is 0. The van der Waals surface area contributed by atoms with Crippen LogP contribution in [0.3, 0.4) is 0 Å². The molecule has 200 valence electrons. The summed E-state index contributed by atoms with van der Waals surface area (Å²) < 4.78 is 4.67. The van der Waals surface area contributed by atoms with Crippen LogP contribution < -0.4 is 5.73 Å². The molecule has 0 saturated carbocycles. The van der Waals surface area contributed by atoms with Gasteiger partial charge in [0.05, 0.1) is 6.61 Å². The van der Waals surface area contributed by atoms with Gasteiger partial charge in [-0.15, -0.1) is 0 Å². The molecule has 36 heavy (non-hydrogen) atoms. The minimum atomic E-state index is -0.942. The highest BCUT2D eigenvalue weighted by Gasteiger charge is 1.99. The van der Waals surface area contributed by atoms with Crippen molar-refractivity contribution < 1.29 is 33.8 Å². The highest BCUT2D eigenvalue weighted by molar-refractivity contribution is 5.86. The predicted molar refractivity (Wildman–Crippen MR) is 145 cm³/mol. The Balaban J connectivity index is -0.000000200. The number of nitrogens with two attached hydrogens (primary N) is 1. The maximum absolute atomic E-state index is 10.4. The van der Waals surface area contributed by atoms with Crippen molar-refractivity contribution in [3.63, 3.8) is 0 Å². The van der Waals surface area contributed by atoms with Gasteiger partial charge in [0.2, 0.25) is 5.91 Å². The van der Waals surface area contributed by atoms with Crippen molar-refractivity contribution in [2.24, 2.45) is 5.73 Å². The molecule has 0 fully saturated rings. The number of allylic oxidation sites excluding steroid dienone is 1. The number of rotatable bonds is 9. The van der Waals surface area contributed by atoms with Crippen LogP contribution in [0, 0.1) is 0 Å². The average molecular weight is 504 g/mol. The van der Waals surface area contributed by atoms with E-state index in [1.165, 1.54) is 33.8 Å². The monoisotopic (exact) mass is 503 g/mol. The maximum atomic E-state index is 10.4. The molecule has 0 aromatic heterocycles. The van der Waals surface area contributed by atoms with Gasteiger partial charge in [0.15, 0.2) is 0 Å². The van der Waals surface area contributed by atoms with Crippen LogP contribution in [-0.2, 0) is 28.7 Å². The molecule has 0 heterocycles. The van der Waals surface area contributed by atoms with Gasteiger partial charge in [0.25, 0.3) is 0 Å². The Morgan fingerprint density at radius 2 is 1.39 bits per heavy atom. The molecule has 1 amide bonds. The quantitative estimate of drug-likeness (QED) is 0.271. The SMILES string of the molecule is C=C(CC=Cc1ccccc1)C(=O)O.C=CC(=O)OCCCC.C=CC(N)=O.CC(C)=O.CC(C)=O. The molecule has 0 spiro atoms. The minimum absolute atomic E-state index is 0.167. The fourth-order valence-corrected chi connectivity index (χ4v) is 1.36. The van der Waals surface area contributed by atoms with Gasteiger partial charge in [-0.3, -0.25) is 4.79 Å². The summed E-state index contributed by atoms with van der Waals surface area (Å²) in [5, 5.41) is 8.55. The summed E-state index contributed by atoms with van der Waals surface area (Å²) in [6.45, 7) is 18.5. The molecule has 0 unspecified atom stereocenters. The first-order valence-electron chi connectivity index (χ1n) is 11.0. The number of primary amides is 1. The number of esters is 1. The van der Waals surface area contributed by atoms with Crippen LogP contribution in [0.2, 0.25) is 0 Å². The molecule has 0 aliphatic rings. The molecule has 1 aromatic carbocycles. The second kappa shape index (κ2) is 29.0. The topological polar surface area (TPSA) is 141 Å². The summed E-state index contributed by atoms with van der Waals surface area (Å²) in [4.78, 5) is 49.1. The highest BCUT2D eigenvalue weighted by Crippen LogP contribution is 2.05. The molecular formula is C28H41NO7. The number of hydrogen-bond acceptors (Lipinski definition) is 6. The molecular weight excluding hydrogens is 462 g/mol. The normalized spacial score (nSPS) is 8.47. The van der Waals surface area contributed by atoms with Crippen molar-refractivity contribution >= 4 is 35.5 Å². The zero-order valence-corrected chi connectivity index (χ0v) is 22.1. The third-order valence-electron chi connectivity index (χ3n) is 2.89. The average Bonchev–Trinajstić information content (AvgIpc) is 2.79. The summed E-state index contributed by atoms with van der Waals surface area (Å²) in [6.07, 6.45) is 8.27. The lowest BCUT2D eigenvalue weighted by atomic mass is 10.1. The van der Waals surface area contributed by atoms with E-state index in [0.29, 0.717) is 13.0 Å². The Hall–Kier alpha value is -4.07. The fraction of sp³-hybridized carbons (Fsp3) is 0.321. The molecule has 0 saturated heterocycles. The number of Topliss-reactive ketones (excluding diaryl/α,β-unsaturated/α-hetero) is 2. The predicted octanol–water partition coefficient (Wildman–Crippen LogP) is 5.09. The van der Waals surface area contributed by atoms with E-state index in [4.69, 9.17) is 5.11 Å². The molecule has 8 nitrogen and oxygen atoms in total. The van der Waals surface area contributed by atoms with E-state index in [-0.39, 0.29) is 23.1 Å². The number of hydrogen-bond donors (Lipinski definition) is 2. The van der Waals surface area contributed by atoms with Crippen LogP contribution >= 0.6 is 0 Å². The second-order valence-corrected chi connectivity index (χ2v) is 7.07. The summed E-state index contributed by atoms with van der Waals surface area (Å²) in [6, 6.07) is 9.73. The number of ketones is 2. The van der Waals surface area contributed by atoms with Crippen molar-refractivity contribution in [2.75, 3.05) is 6.61 Å². The number of carboxylic acid groups (broad SMARTS) is 1. The molecule has 0 aliphatic heterocycles. The molecule has 8 heteroatoms. The Kier molecular flexibility index (Phi) is 31.5. The highest BCUT2D eigenvalue weighted by atomic mass is 16.5. The third kappa shape index (κ3) is 47.6. The Morgan fingerprint density at radius 1 is 0.944 bits per heavy atom. The summed E-state index contributed by atoms with van der Waals surface area (Å²) in [7, 11) is 0. The van der Waals surface area contributed by atoms with Gasteiger partial charge in [-0.05, 0) is 52.2 Å². The zero-order valence-electron chi connectivity index (χ0n) is 22.1. The van der Waals surface area contributed by atoms with E-state index in [0.717, 1.165) is 24.5 Å². The standard InChI is InChI=1S/C12H12O2.C7H12O2.C3H5NO.2C3H6O/c1-10(12(13)14)6-5-9-11-7-3-2-4-8-11;1-3-5-6-9-7(8)4-2;1-2-3(4)5;2*1-3(2)4/h2-5,7-9H,1,6H2,(H,13,14);4H,2-3,5-6H2,1H3;2H,1H2,(H2,4,5);2*1-2H3. The first-order valence-corrected chi connectivity index (χ1v) is 11.0. The van der Waals surface area contributed by atoms with E-state index in [1.54, 1.807) is 6.08 Å². The third-order valence-corrected chi connectivity index (χ3v) is 2.89. The lowest BCUT2D eigenvalue weighted by Crippen LogP contribution is -2.04. The van der Waals surface area contributed by atoms with E-state index in [9.17, 15) is 24.0 Å². The van der Waals surface area contributed by atoms with Gasteiger partial charge in [-0.25, -0.2) is 9.59 Å². The molecule has 1 rings (SSSR count). The van der Waals surface area contributed by atoms with E-state index in [1.807, 2.05) is 43.3 Å². The summed E-state index contributed by atoms with van der Waals surface area (Å²) in [5.74, 6) is -1.42. The molecule has 0 atom stereocenters. The smallest absolute Gasteiger partial charge is 0.331 e. The zero-order chi connectivity index (χ0) is 28.9. The fourth-order valence-electron chi connectivity index (χ4n) is 1.36. The van der Waals surface area contributed by atoms with Crippen molar-refractivity contribution in [2.45, 2.75) is 53.9 Å². The number of amides is 1. The molecule has 0 aliphatic carbocycles. The molecule has 0 radical (unpaired) electrons. The van der Waals surface area contributed by atoms with Crippen molar-refractivity contribution in [1.29, 1.82) is 0 Å². The van der Waals surface area contributed by atoms with Crippen molar-refractivity contribution in [3.8, 4) is 0 Å². The van der Waals surface area contributed by atoms with Gasteiger partial charge < -0.3 is 25.2 Å². The number of ether oxygens (including phenoxy) is 1. The number of unbranched alkanes of at least 4 members (excludes halogenated alkanes) is 1. The van der Waals surface area contributed by atoms with Crippen molar-refractivity contribution in [1.82, 2.24) is 0 Å². The van der Waals surface area contributed by atoms with Gasteiger partial charge >= 0.3 is 11.9 Å². The first kappa shape index (κ1) is 39.2. The van der Waals surface area contributed by atoms with Gasteiger partial charge in [0.1, 0.15) is 11.6 Å². The molecule has 1 aromatic rings. The van der Waals surface area contributed by atoms with Crippen LogP contribution in [0.25, 0.3) is 6.08 Å². The summed E-state index contributed by atoms with van der Waals surface area (Å²) in [5.41, 5.74) is 5.80. The largest absolute Gasteiger partial charge is 0.478 e. The minimum Gasteiger partial charge on any atom is -0.478 e. The van der Waals surface area contributed by atoms with Crippen LogP contribution in [0.4, 0.5) is 0 Å². The number of benzene rings is 1. The van der Waals surface area contributed by atoms with Crippen LogP contribution in [0.15, 0.2) is 73.9 Å². The number of carbonyl (C=O) groups is 5. The Labute approximate surface area is 215 Å². The molecule has 3 N–H and O–H groups in total. The first-order chi connectivity index (χ1) is 16.7. The Bertz CT molecular complexity index is 821. The number of carbonyl (C=O) groups excluding carboxylic acids is 4. The van der Waals surface area contributed by atoms with Gasteiger partial charge in [-0.1, -0.05) is 75.6 Å². The van der Waals surface area contributed by atoms with E-state index >= 15 is 0 Å². The van der Waals surface area contributed by atoms with E-state index in [2.05, 4.69) is 30.2 Å². The van der Waals surface area contributed by atoms with E-state index < -0.39 is 11.9 Å². The maximum Gasteiger partial charge on any atom is 0.331 e. The van der Waals surface area contributed by atoms with Crippen LogP contribution in [0.5, 0.6) is 0 Å². The van der Waals surface area contributed by atoms with Crippen molar-refractivity contribution in [3.05, 3.63) is 79.4 Å². The van der Waals surface area contributed by atoms with Gasteiger partial charge in [0, 0.05) is 11.6 Å². The Morgan fingerprint density at radius 3 is 1.72 bits per heavy atom. The second-order valence-electron chi connectivity index (χ2n) is 7.07. The number of carboxylic acids is 1. The van der Waals surface area contributed by atoms with Crippen LogP contribution in [-0.4, -0.2) is 41.1 Å². The number of aliphatic carboxylic acids is 1. The lowest BCUT2D eigenvalue weighted by molar-refractivity contribution is -0.138. The van der Waals surface area contributed by atoms with Crippen LogP contribution in [0.1, 0.15) is 59.4 Å².